The van der Waals surface area contributed by atoms with Gasteiger partial charge in [0.25, 0.3) is 5.91 Å². The second-order valence-electron chi connectivity index (χ2n) is 6.49. The van der Waals surface area contributed by atoms with Gasteiger partial charge in [-0.15, -0.1) is 0 Å². The van der Waals surface area contributed by atoms with Crippen molar-refractivity contribution in [1.82, 2.24) is 10.1 Å². The number of ether oxygens (including phenoxy) is 1. The lowest BCUT2D eigenvalue weighted by Crippen LogP contribution is -2.12. The molecular weight excluding hydrogens is 344 g/mol. The van der Waals surface area contributed by atoms with E-state index < -0.39 is 0 Å². The minimum atomic E-state index is -0.174. The third kappa shape index (κ3) is 4.32. The number of hydrogen-bond donors (Lipinski definition) is 2. The zero-order valence-electron chi connectivity index (χ0n) is 14.7. The number of amides is 1. The van der Waals surface area contributed by atoms with E-state index in [4.69, 9.17) is 15.0 Å². The van der Waals surface area contributed by atoms with Gasteiger partial charge in [-0.3, -0.25) is 4.79 Å². The molecule has 0 unspecified atom stereocenters. The van der Waals surface area contributed by atoms with Crippen molar-refractivity contribution < 1.29 is 14.1 Å². The Labute approximate surface area is 156 Å². The third-order valence-corrected chi connectivity index (χ3v) is 4.34. The van der Waals surface area contributed by atoms with Crippen LogP contribution in [0.4, 0.5) is 5.69 Å². The largest absolute Gasteiger partial charge is 0.485 e. The predicted molar refractivity (Wildman–Crippen MR) is 99.3 cm³/mol. The first-order valence-electron chi connectivity index (χ1n) is 8.87. The van der Waals surface area contributed by atoms with E-state index in [1.54, 1.807) is 36.4 Å². The zero-order valence-corrected chi connectivity index (χ0v) is 14.7. The van der Waals surface area contributed by atoms with Gasteiger partial charge in [0.05, 0.1) is 0 Å². The van der Waals surface area contributed by atoms with Gasteiger partial charge in [-0.05, 0) is 54.8 Å². The summed E-state index contributed by atoms with van der Waals surface area (Å²) in [6, 6.07) is 14.4. The lowest BCUT2D eigenvalue weighted by atomic mass is 10.1. The summed E-state index contributed by atoms with van der Waals surface area (Å²) >= 11 is 0. The summed E-state index contributed by atoms with van der Waals surface area (Å²) in [7, 11) is 0. The fourth-order valence-electron chi connectivity index (χ4n) is 2.60. The molecule has 1 heterocycles. The van der Waals surface area contributed by atoms with Crippen molar-refractivity contribution in [2.75, 3.05) is 5.32 Å². The van der Waals surface area contributed by atoms with Gasteiger partial charge in [-0.2, -0.15) is 4.98 Å². The summed E-state index contributed by atoms with van der Waals surface area (Å²) in [6.07, 6.45) is 2.24. The standard InChI is InChI=1S/C20H20N4O3/c21-11-13-1-3-14(4-2-13)19(25)22-16-7-9-17(10-8-16)26-12-18-23-20(27-24-18)15-5-6-15/h1-4,7-10,15H,5-6,11-12,21H2,(H,22,25). The molecule has 0 atom stereocenters. The van der Waals surface area contributed by atoms with Crippen LogP contribution in [0.5, 0.6) is 5.75 Å². The summed E-state index contributed by atoms with van der Waals surface area (Å²) in [5.41, 5.74) is 7.82. The second kappa shape index (κ2) is 7.59. The van der Waals surface area contributed by atoms with Crippen LogP contribution in [0.3, 0.4) is 0 Å². The van der Waals surface area contributed by atoms with E-state index in [1.807, 2.05) is 12.1 Å². The first-order valence-corrected chi connectivity index (χ1v) is 8.87. The molecule has 1 fully saturated rings. The molecule has 2 aromatic carbocycles. The Hall–Kier alpha value is -3.19. The van der Waals surface area contributed by atoms with Gasteiger partial charge in [0.2, 0.25) is 11.7 Å². The Kier molecular flexibility index (Phi) is 4.84. The molecule has 1 aliphatic carbocycles. The predicted octanol–water partition coefficient (Wildman–Crippen LogP) is 3.24. The van der Waals surface area contributed by atoms with Crippen LogP contribution in [0.1, 0.15) is 46.4 Å². The van der Waals surface area contributed by atoms with Gasteiger partial charge in [0.1, 0.15) is 5.75 Å². The van der Waals surface area contributed by atoms with Crippen molar-refractivity contribution in [3.05, 3.63) is 71.4 Å². The van der Waals surface area contributed by atoms with Crippen LogP contribution in [0.25, 0.3) is 0 Å². The van der Waals surface area contributed by atoms with Crippen LogP contribution in [-0.4, -0.2) is 16.0 Å². The summed E-state index contributed by atoms with van der Waals surface area (Å²) in [6.45, 7) is 0.699. The topological polar surface area (TPSA) is 103 Å². The average Bonchev–Trinajstić information content (AvgIpc) is 3.45. The number of aromatic nitrogens is 2. The van der Waals surface area contributed by atoms with Crippen molar-refractivity contribution in [3.63, 3.8) is 0 Å². The Morgan fingerprint density at radius 2 is 1.89 bits per heavy atom. The molecular formula is C20H20N4O3. The van der Waals surface area contributed by atoms with Crippen LogP contribution >= 0.6 is 0 Å². The van der Waals surface area contributed by atoms with Crippen LogP contribution < -0.4 is 15.8 Å². The Balaban J connectivity index is 1.31. The van der Waals surface area contributed by atoms with Crippen molar-refractivity contribution in [2.24, 2.45) is 5.73 Å². The maximum absolute atomic E-state index is 12.3. The summed E-state index contributed by atoms with van der Waals surface area (Å²) in [4.78, 5) is 16.6. The summed E-state index contributed by atoms with van der Waals surface area (Å²) in [5, 5.41) is 6.77. The highest BCUT2D eigenvalue weighted by atomic mass is 16.5. The molecule has 3 N–H and O–H groups in total. The van der Waals surface area contributed by atoms with E-state index in [0.717, 1.165) is 18.4 Å². The Morgan fingerprint density at radius 1 is 1.15 bits per heavy atom. The normalized spacial score (nSPS) is 13.4. The highest BCUT2D eigenvalue weighted by Crippen LogP contribution is 2.38. The van der Waals surface area contributed by atoms with Crippen LogP contribution in [-0.2, 0) is 13.2 Å². The lowest BCUT2D eigenvalue weighted by Gasteiger charge is -2.08. The quantitative estimate of drug-likeness (QED) is 0.667. The molecule has 1 aromatic heterocycles. The second-order valence-corrected chi connectivity index (χ2v) is 6.49. The molecule has 3 aromatic rings. The molecule has 7 nitrogen and oxygen atoms in total. The zero-order chi connectivity index (χ0) is 18.6. The summed E-state index contributed by atoms with van der Waals surface area (Å²) < 4.78 is 10.9. The number of nitrogens with zero attached hydrogens (tertiary/aromatic N) is 2. The van der Waals surface area contributed by atoms with Crippen LogP contribution in [0.15, 0.2) is 53.1 Å². The molecule has 1 amide bonds. The molecule has 27 heavy (non-hydrogen) atoms. The highest BCUT2D eigenvalue weighted by molar-refractivity contribution is 6.04. The Bertz CT molecular complexity index is 915. The minimum Gasteiger partial charge on any atom is -0.485 e. The number of benzene rings is 2. The Morgan fingerprint density at radius 3 is 2.56 bits per heavy atom. The molecule has 0 spiro atoms. The molecule has 0 saturated heterocycles. The molecule has 7 heteroatoms. The van der Waals surface area contributed by atoms with Crippen molar-refractivity contribution in [2.45, 2.75) is 31.9 Å². The van der Waals surface area contributed by atoms with Crippen LogP contribution in [0.2, 0.25) is 0 Å². The number of nitrogens with two attached hydrogens (primary N) is 1. The molecule has 0 aliphatic heterocycles. The number of hydrogen-bond acceptors (Lipinski definition) is 6. The average molecular weight is 364 g/mol. The number of carbonyl (C=O) groups excluding carboxylic acids is 1. The lowest BCUT2D eigenvalue weighted by molar-refractivity contribution is 0.102. The van der Waals surface area contributed by atoms with Gasteiger partial charge in [0, 0.05) is 23.7 Å². The number of rotatable bonds is 7. The number of nitrogens with one attached hydrogen (secondary N) is 1. The summed E-state index contributed by atoms with van der Waals surface area (Å²) in [5.74, 6) is 2.16. The number of anilines is 1. The molecule has 1 aliphatic rings. The van der Waals surface area contributed by atoms with E-state index in [9.17, 15) is 4.79 Å². The van der Waals surface area contributed by atoms with Crippen LogP contribution in [0, 0.1) is 0 Å². The van der Waals surface area contributed by atoms with Gasteiger partial charge < -0.3 is 20.3 Å². The van der Waals surface area contributed by atoms with E-state index >= 15 is 0 Å². The molecule has 1 saturated carbocycles. The van der Waals surface area contributed by atoms with Gasteiger partial charge in [-0.25, -0.2) is 0 Å². The maximum Gasteiger partial charge on any atom is 0.255 e. The third-order valence-electron chi connectivity index (χ3n) is 4.34. The van der Waals surface area contributed by atoms with Gasteiger partial charge in [0.15, 0.2) is 6.61 Å². The van der Waals surface area contributed by atoms with Crippen molar-refractivity contribution >= 4 is 11.6 Å². The smallest absolute Gasteiger partial charge is 0.255 e. The fourth-order valence-corrected chi connectivity index (χ4v) is 2.60. The fraction of sp³-hybridized carbons (Fsp3) is 0.250. The van der Waals surface area contributed by atoms with E-state index in [2.05, 4.69) is 15.5 Å². The molecule has 4 rings (SSSR count). The monoisotopic (exact) mass is 364 g/mol. The van der Waals surface area contributed by atoms with E-state index in [-0.39, 0.29) is 12.5 Å². The first kappa shape index (κ1) is 17.2. The molecule has 0 radical (unpaired) electrons. The highest BCUT2D eigenvalue weighted by Gasteiger charge is 2.29. The minimum absolute atomic E-state index is 0.174. The van der Waals surface area contributed by atoms with E-state index in [1.165, 1.54) is 0 Å². The molecule has 138 valence electrons. The molecule has 0 bridgehead atoms. The van der Waals surface area contributed by atoms with Crippen molar-refractivity contribution in [1.29, 1.82) is 0 Å². The number of carbonyl (C=O) groups is 1. The first-order chi connectivity index (χ1) is 13.2. The van der Waals surface area contributed by atoms with Crippen molar-refractivity contribution in [3.8, 4) is 5.75 Å². The van der Waals surface area contributed by atoms with E-state index in [0.29, 0.717) is 41.2 Å². The van der Waals surface area contributed by atoms with Gasteiger partial charge >= 0.3 is 0 Å². The maximum atomic E-state index is 12.3. The SMILES string of the molecule is NCc1ccc(C(=O)Nc2ccc(OCc3noc(C4CC4)n3)cc2)cc1. The van der Waals surface area contributed by atoms with Gasteiger partial charge in [-0.1, -0.05) is 17.3 Å².